The molecule has 0 heterocycles. The summed E-state index contributed by atoms with van der Waals surface area (Å²) < 4.78 is 37.0. The summed E-state index contributed by atoms with van der Waals surface area (Å²) in [7, 11) is 0. The highest BCUT2D eigenvalue weighted by Gasteiger charge is 2.29. The smallest absolute Gasteiger partial charge is 0.391 e. The van der Waals surface area contributed by atoms with Crippen molar-refractivity contribution in [1.29, 1.82) is 0 Å². The van der Waals surface area contributed by atoms with Gasteiger partial charge in [0.25, 0.3) is 0 Å². The molecule has 103 valence electrons. The van der Waals surface area contributed by atoms with Gasteiger partial charge < -0.3 is 4.84 Å². The minimum absolute atomic E-state index is 0.165. The average Bonchev–Trinajstić information content (AvgIpc) is 2.87. The van der Waals surface area contributed by atoms with E-state index >= 15 is 0 Å². The number of hydrogen-bond acceptors (Lipinski definition) is 2. The Hall–Kier alpha value is -1.52. The van der Waals surface area contributed by atoms with Crippen molar-refractivity contribution in [2.45, 2.75) is 38.5 Å². The number of nitrogens with zero attached hydrogens (tertiary/aromatic N) is 1. The van der Waals surface area contributed by atoms with Gasteiger partial charge in [-0.2, -0.15) is 13.2 Å². The first-order valence-corrected chi connectivity index (χ1v) is 6.29. The molecule has 1 aliphatic rings. The molecule has 5 heteroatoms. The minimum atomic E-state index is -4.30. The van der Waals surface area contributed by atoms with Gasteiger partial charge in [0.1, 0.15) is 12.8 Å². The molecule has 1 aromatic carbocycles. The van der Waals surface area contributed by atoms with E-state index in [0.717, 1.165) is 25.0 Å². The topological polar surface area (TPSA) is 21.6 Å². The highest BCUT2D eigenvalue weighted by Crippen LogP contribution is 2.29. The van der Waals surface area contributed by atoms with Crippen molar-refractivity contribution < 1.29 is 18.0 Å². The Morgan fingerprint density at radius 1 is 1.16 bits per heavy atom. The molecule has 0 amide bonds. The van der Waals surface area contributed by atoms with Crippen LogP contribution in [-0.4, -0.2) is 6.21 Å². The Bertz CT molecular complexity index is 419. The predicted octanol–water partition coefficient (Wildman–Crippen LogP) is 4.28. The Labute approximate surface area is 110 Å². The summed E-state index contributed by atoms with van der Waals surface area (Å²) in [5.74, 6) is 0.368. The van der Waals surface area contributed by atoms with E-state index in [2.05, 4.69) is 11.4 Å². The zero-order valence-corrected chi connectivity index (χ0v) is 10.4. The minimum Gasteiger partial charge on any atom is -0.391 e. The molecule has 0 aliphatic heterocycles. The Morgan fingerprint density at radius 3 is 2.37 bits per heavy atom. The normalized spacial score (nSPS) is 17.2. The van der Waals surface area contributed by atoms with Gasteiger partial charge in [0.2, 0.25) is 0 Å². The van der Waals surface area contributed by atoms with Crippen molar-refractivity contribution in [2.24, 2.45) is 11.1 Å². The van der Waals surface area contributed by atoms with E-state index in [4.69, 9.17) is 4.84 Å². The van der Waals surface area contributed by atoms with E-state index in [-0.39, 0.29) is 6.61 Å². The quantitative estimate of drug-likeness (QED) is 0.591. The summed E-state index contributed by atoms with van der Waals surface area (Å²) >= 11 is 0. The van der Waals surface area contributed by atoms with Gasteiger partial charge in [-0.1, -0.05) is 30.1 Å². The fraction of sp³-hybridized carbons (Fsp3) is 0.500. The third-order valence-corrected chi connectivity index (χ3v) is 3.17. The summed E-state index contributed by atoms with van der Waals surface area (Å²) in [6, 6.07) is 4.88. The molecule has 1 radical (unpaired) electrons. The van der Waals surface area contributed by atoms with E-state index in [9.17, 15) is 13.2 Å². The first-order chi connectivity index (χ1) is 9.05. The Kier molecular flexibility index (Phi) is 4.45. The van der Waals surface area contributed by atoms with Gasteiger partial charge in [0.05, 0.1) is 5.56 Å². The molecule has 2 rings (SSSR count). The molecule has 0 saturated heterocycles. The van der Waals surface area contributed by atoms with Crippen LogP contribution >= 0.6 is 0 Å². The predicted molar refractivity (Wildman–Crippen MR) is 65.6 cm³/mol. The lowest BCUT2D eigenvalue weighted by molar-refractivity contribution is -0.137. The van der Waals surface area contributed by atoms with Crippen molar-refractivity contribution in [1.82, 2.24) is 0 Å². The van der Waals surface area contributed by atoms with Crippen LogP contribution in [0.2, 0.25) is 0 Å². The molecule has 0 spiro atoms. The van der Waals surface area contributed by atoms with Gasteiger partial charge in [0, 0.05) is 5.92 Å². The van der Waals surface area contributed by atoms with Crippen molar-refractivity contribution >= 4 is 6.21 Å². The number of benzene rings is 1. The van der Waals surface area contributed by atoms with Crippen LogP contribution in [0.3, 0.4) is 0 Å². The first-order valence-electron chi connectivity index (χ1n) is 6.29. The lowest BCUT2D eigenvalue weighted by atomic mass is 10.1. The van der Waals surface area contributed by atoms with Crippen LogP contribution in [0.4, 0.5) is 13.2 Å². The highest BCUT2D eigenvalue weighted by atomic mass is 19.4. The average molecular weight is 270 g/mol. The zero-order chi connectivity index (χ0) is 13.7. The lowest BCUT2D eigenvalue weighted by Gasteiger charge is -2.07. The molecule has 2 nitrogen and oxygen atoms in total. The van der Waals surface area contributed by atoms with Crippen LogP contribution in [0, 0.1) is 5.92 Å². The Balaban J connectivity index is 1.79. The van der Waals surface area contributed by atoms with Gasteiger partial charge in [-0.05, 0) is 30.5 Å². The van der Waals surface area contributed by atoms with Gasteiger partial charge in [-0.3, -0.25) is 0 Å². The van der Waals surface area contributed by atoms with Crippen LogP contribution in [0.25, 0.3) is 0 Å². The lowest BCUT2D eigenvalue weighted by Crippen LogP contribution is -2.04. The van der Waals surface area contributed by atoms with Gasteiger partial charge in [-0.15, -0.1) is 0 Å². The third-order valence-electron chi connectivity index (χ3n) is 3.17. The third kappa shape index (κ3) is 4.26. The zero-order valence-electron chi connectivity index (χ0n) is 10.4. The van der Waals surface area contributed by atoms with Crippen molar-refractivity contribution in [2.75, 3.05) is 0 Å². The van der Waals surface area contributed by atoms with Crippen LogP contribution in [-0.2, 0) is 17.6 Å². The fourth-order valence-corrected chi connectivity index (χ4v) is 2.06. The van der Waals surface area contributed by atoms with Crippen LogP contribution < -0.4 is 0 Å². The monoisotopic (exact) mass is 270 g/mol. The SMILES string of the molecule is FC(F)(F)c1ccc(CO/N=[C]\C2CCCC2)cc1. The molecule has 0 N–H and O–H groups in total. The second-order valence-corrected chi connectivity index (χ2v) is 4.67. The Morgan fingerprint density at radius 2 is 1.79 bits per heavy atom. The molecule has 0 aromatic heterocycles. The van der Waals surface area contributed by atoms with Gasteiger partial charge in [0.15, 0.2) is 0 Å². The standard InChI is InChI=1S/C14H15F3NO/c15-14(16,17)13-7-5-12(6-8-13)10-19-18-9-11-3-1-2-4-11/h5-8,11H,1-4,10H2. The number of rotatable bonds is 4. The molecule has 0 atom stereocenters. The van der Waals surface area contributed by atoms with E-state index in [1.807, 2.05) is 0 Å². The molecule has 1 saturated carbocycles. The summed E-state index contributed by atoms with van der Waals surface area (Å²) in [6.07, 6.45) is 3.19. The van der Waals surface area contributed by atoms with Crippen LogP contribution in [0.15, 0.2) is 29.4 Å². The summed E-state index contributed by atoms with van der Waals surface area (Å²) in [5, 5.41) is 3.75. The molecular formula is C14H15F3NO. The molecule has 0 unspecified atom stereocenters. The second kappa shape index (κ2) is 6.08. The maximum absolute atomic E-state index is 12.3. The maximum atomic E-state index is 12.3. The van der Waals surface area contributed by atoms with Crippen LogP contribution in [0.1, 0.15) is 36.8 Å². The van der Waals surface area contributed by atoms with E-state index < -0.39 is 11.7 Å². The number of halogens is 3. The second-order valence-electron chi connectivity index (χ2n) is 4.67. The van der Waals surface area contributed by atoms with Crippen molar-refractivity contribution in [3.63, 3.8) is 0 Å². The van der Waals surface area contributed by atoms with Crippen molar-refractivity contribution in [3.05, 3.63) is 35.4 Å². The van der Waals surface area contributed by atoms with E-state index in [0.29, 0.717) is 11.5 Å². The number of alkyl halides is 3. The van der Waals surface area contributed by atoms with Crippen LogP contribution in [0.5, 0.6) is 0 Å². The van der Waals surface area contributed by atoms with E-state index in [1.165, 1.54) is 25.0 Å². The highest BCUT2D eigenvalue weighted by molar-refractivity contribution is 5.60. The molecular weight excluding hydrogens is 255 g/mol. The summed E-state index contributed by atoms with van der Waals surface area (Å²) in [6.45, 7) is 0.165. The van der Waals surface area contributed by atoms with Gasteiger partial charge in [-0.25, -0.2) is 0 Å². The molecule has 1 fully saturated rings. The van der Waals surface area contributed by atoms with Gasteiger partial charge >= 0.3 is 6.18 Å². The largest absolute Gasteiger partial charge is 0.416 e. The van der Waals surface area contributed by atoms with E-state index in [1.54, 1.807) is 0 Å². The maximum Gasteiger partial charge on any atom is 0.416 e. The number of hydrogen-bond donors (Lipinski definition) is 0. The van der Waals surface area contributed by atoms with Crippen molar-refractivity contribution in [3.8, 4) is 0 Å². The summed E-state index contributed by atoms with van der Waals surface area (Å²) in [4.78, 5) is 5.04. The molecule has 0 bridgehead atoms. The fourth-order valence-electron chi connectivity index (χ4n) is 2.06. The first kappa shape index (κ1) is 13.9. The molecule has 1 aliphatic carbocycles. The molecule has 1 aromatic rings. The summed E-state index contributed by atoms with van der Waals surface area (Å²) in [5.41, 5.74) is 0.00208. The molecule has 19 heavy (non-hydrogen) atoms.